The highest BCUT2D eigenvalue weighted by atomic mass is 35.5. The van der Waals surface area contributed by atoms with Crippen LogP contribution in [0.2, 0.25) is 5.02 Å². The summed E-state index contributed by atoms with van der Waals surface area (Å²) in [5, 5.41) is 3.13. The molecule has 4 rings (SSSR count). The molecule has 8 heteroatoms. The molecule has 1 fully saturated rings. The first-order valence-electron chi connectivity index (χ1n) is 10.1. The second-order valence-electron chi connectivity index (χ2n) is 7.73. The van der Waals surface area contributed by atoms with E-state index in [0.717, 1.165) is 4.90 Å². The average Bonchev–Trinajstić information content (AvgIpc) is 2.79. The molecule has 1 atom stereocenters. The van der Waals surface area contributed by atoms with Crippen molar-refractivity contribution >= 4 is 29.1 Å². The third-order valence-electron chi connectivity index (χ3n) is 5.25. The Morgan fingerprint density at radius 1 is 1.06 bits per heavy atom. The van der Waals surface area contributed by atoms with Crippen molar-refractivity contribution in [1.82, 2.24) is 9.88 Å². The van der Waals surface area contributed by atoms with Crippen molar-refractivity contribution in [3.8, 4) is 11.3 Å². The SMILES string of the molecule is O=C(Nc1ccc(Cl)cc1)C1CN(C(=O)c2cccc(-c3ccccn3)c2)CC(F)(F)C1. The van der Waals surface area contributed by atoms with Crippen LogP contribution in [0, 0.1) is 5.92 Å². The van der Waals surface area contributed by atoms with E-state index >= 15 is 0 Å². The zero-order valence-electron chi connectivity index (χ0n) is 17.0. The topological polar surface area (TPSA) is 62.3 Å². The number of nitrogens with zero attached hydrogens (tertiary/aromatic N) is 2. The number of rotatable bonds is 4. The number of carbonyl (C=O) groups is 2. The zero-order chi connectivity index (χ0) is 22.7. The standard InChI is InChI=1S/C24H20ClF2N3O2/c25-19-7-9-20(10-8-19)29-22(31)18-13-24(26,27)15-30(14-18)23(32)17-5-3-4-16(12-17)21-6-1-2-11-28-21/h1-12,18H,13-15H2,(H,29,31). The van der Waals surface area contributed by atoms with Gasteiger partial charge in [-0.25, -0.2) is 8.78 Å². The van der Waals surface area contributed by atoms with E-state index in [4.69, 9.17) is 11.6 Å². The molecule has 0 spiro atoms. The monoisotopic (exact) mass is 455 g/mol. The summed E-state index contributed by atoms with van der Waals surface area (Å²) in [7, 11) is 0. The molecule has 32 heavy (non-hydrogen) atoms. The van der Waals surface area contributed by atoms with Gasteiger partial charge in [0, 0.05) is 41.0 Å². The quantitative estimate of drug-likeness (QED) is 0.592. The molecule has 0 saturated carbocycles. The maximum Gasteiger partial charge on any atom is 0.266 e. The van der Waals surface area contributed by atoms with Gasteiger partial charge < -0.3 is 10.2 Å². The molecule has 0 bridgehead atoms. The fraction of sp³-hybridized carbons (Fsp3) is 0.208. The van der Waals surface area contributed by atoms with E-state index in [1.807, 2.05) is 6.07 Å². The van der Waals surface area contributed by atoms with Crippen LogP contribution >= 0.6 is 11.6 Å². The van der Waals surface area contributed by atoms with Crippen LogP contribution in [0.4, 0.5) is 14.5 Å². The summed E-state index contributed by atoms with van der Waals surface area (Å²) < 4.78 is 29.0. The van der Waals surface area contributed by atoms with Crippen LogP contribution in [0.1, 0.15) is 16.8 Å². The maximum absolute atomic E-state index is 14.5. The zero-order valence-corrected chi connectivity index (χ0v) is 17.7. The Morgan fingerprint density at radius 2 is 1.84 bits per heavy atom. The second-order valence-corrected chi connectivity index (χ2v) is 8.17. The highest BCUT2D eigenvalue weighted by Gasteiger charge is 2.44. The number of alkyl halides is 2. The number of likely N-dealkylation sites (tertiary alicyclic amines) is 1. The predicted molar refractivity (Wildman–Crippen MR) is 119 cm³/mol. The summed E-state index contributed by atoms with van der Waals surface area (Å²) in [6.45, 7) is -0.827. The summed E-state index contributed by atoms with van der Waals surface area (Å²) in [6, 6.07) is 18.5. The first kappa shape index (κ1) is 21.9. The Labute approximate surface area is 189 Å². The number of hydrogen-bond acceptors (Lipinski definition) is 3. The van der Waals surface area contributed by atoms with Gasteiger partial charge in [0.1, 0.15) is 0 Å². The van der Waals surface area contributed by atoms with E-state index < -0.39 is 36.6 Å². The van der Waals surface area contributed by atoms with E-state index in [1.54, 1.807) is 66.9 Å². The van der Waals surface area contributed by atoms with Crippen LogP contribution in [0.25, 0.3) is 11.3 Å². The molecule has 1 unspecified atom stereocenters. The van der Waals surface area contributed by atoms with Crippen molar-refractivity contribution in [3.63, 3.8) is 0 Å². The van der Waals surface area contributed by atoms with Crippen LogP contribution in [0.15, 0.2) is 72.9 Å². The van der Waals surface area contributed by atoms with Crippen molar-refractivity contribution in [2.24, 2.45) is 5.92 Å². The lowest BCUT2D eigenvalue weighted by Crippen LogP contribution is -2.52. The van der Waals surface area contributed by atoms with Gasteiger partial charge >= 0.3 is 0 Å². The predicted octanol–water partition coefficient (Wildman–Crippen LogP) is 5.14. The van der Waals surface area contributed by atoms with E-state index in [1.165, 1.54) is 0 Å². The highest BCUT2D eigenvalue weighted by molar-refractivity contribution is 6.30. The molecular formula is C24H20ClF2N3O2. The summed E-state index contributed by atoms with van der Waals surface area (Å²) in [5.41, 5.74) is 2.10. The molecule has 0 radical (unpaired) electrons. The number of benzene rings is 2. The third kappa shape index (κ3) is 5.11. The van der Waals surface area contributed by atoms with Crippen LogP contribution < -0.4 is 5.32 Å². The van der Waals surface area contributed by atoms with Crippen LogP contribution in [0.3, 0.4) is 0 Å². The minimum Gasteiger partial charge on any atom is -0.332 e. The van der Waals surface area contributed by atoms with Crippen LogP contribution in [0.5, 0.6) is 0 Å². The minimum atomic E-state index is -3.17. The van der Waals surface area contributed by atoms with Crippen LogP contribution in [-0.2, 0) is 4.79 Å². The van der Waals surface area contributed by atoms with Crippen molar-refractivity contribution in [1.29, 1.82) is 0 Å². The molecule has 164 valence electrons. The van der Waals surface area contributed by atoms with E-state index in [2.05, 4.69) is 10.3 Å². The fourth-order valence-corrected chi connectivity index (χ4v) is 3.86. The van der Waals surface area contributed by atoms with Gasteiger partial charge in [-0.3, -0.25) is 14.6 Å². The Hall–Kier alpha value is -3.32. The molecule has 1 aliphatic rings. The molecule has 2 aromatic carbocycles. The third-order valence-corrected chi connectivity index (χ3v) is 5.50. The van der Waals surface area contributed by atoms with E-state index in [-0.39, 0.29) is 12.1 Å². The van der Waals surface area contributed by atoms with Gasteiger partial charge in [-0.1, -0.05) is 29.8 Å². The molecule has 1 aromatic heterocycles. The number of hydrogen-bond donors (Lipinski definition) is 1. The van der Waals surface area contributed by atoms with Crippen molar-refractivity contribution in [3.05, 3.63) is 83.5 Å². The average molecular weight is 456 g/mol. The lowest BCUT2D eigenvalue weighted by Gasteiger charge is -2.37. The molecule has 2 heterocycles. The number of halogens is 3. The normalized spacial score (nSPS) is 17.6. The van der Waals surface area contributed by atoms with Crippen molar-refractivity contribution in [2.75, 3.05) is 18.4 Å². The van der Waals surface area contributed by atoms with Crippen molar-refractivity contribution in [2.45, 2.75) is 12.3 Å². The van der Waals surface area contributed by atoms with E-state index in [9.17, 15) is 18.4 Å². The Bertz CT molecular complexity index is 1120. The lowest BCUT2D eigenvalue weighted by molar-refractivity contribution is -0.130. The first-order valence-corrected chi connectivity index (χ1v) is 10.4. The summed E-state index contributed by atoms with van der Waals surface area (Å²) >= 11 is 5.84. The number of carbonyl (C=O) groups excluding carboxylic acids is 2. The molecule has 3 aromatic rings. The minimum absolute atomic E-state index is 0.0956. The number of aromatic nitrogens is 1. The summed E-state index contributed by atoms with van der Waals surface area (Å²) in [6.07, 6.45) is 1.02. The first-order chi connectivity index (χ1) is 15.3. The summed E-state index contributed by atoms with van der Waals surface area (Å²) in [4.78, 5) is 31.0. The highest BCUT2D eigenvalue weighted by Crippen LogP contribution is 2.32. The van der Waals surface area contributed by atoms with Gasteiger partial charge in [-0.2, -0.15) is 0 Å². The van der Waals surface area contributed by atoms with E-state index in [0.29, 0.717) is 22.0 Å². The molecule has 1 N–H and O–H groups in total. The van der Waals surface area contributed by atoms with Crippen LogP contribution in [-0.4, -0.2) is 40.7 Å². The van der Waals surface area contributed by atoms with Gasteiger partial charge in [0.05, 0.1) is 18.2 Å². The van der Waals surface area contributed by atoms with Gasteiger partial charge in [0.25, 0.3) is 11.8 Å². The molecule has 5 nitrogen and oxygen atoms in total. The number of nitrogens with one attached hydrogen (secondary N) is 1. The van der Waals surface area contributed by atoms with Gasteiger partial charge in [0.15, 0.2) is 0 Å². The maximum atomic E-state index is 14.5. The van der Waals surface area contributed by atoms with Gasteiger partial charge in [-0.15, -0.1) is 0 Å². The number of amides is 2. The molecule has 1 saturated heterocycles. The second kappa shape index (κ2) is 9.04. The molecule has 2 amide bonds. The molecular weight excluding hydrogens is 436 g/mol. The Balaban J connectivity index is 1.52. The van der Waals surface area contributed by atoms with Gasteiger partial charge in [0.2, 0.25) is 5.91 Å². The Kier molecular flexibility index (Phi) is 6.19. The fourth-order valence-electron chi connectivity index (χ4n) is 3.73. The number of piperidine rings is 1. The largest absolute Gasteiger partial charge is 0.332 e. The molecule has 1 aliphatic heterocycles. The Morgan fingerprint density at radius 3 is 2.56 bits per heavy atom. The number of anilines is 1. The lowest BCUT2D eigenvalue weighted by atomic mass is 9.93. The van der Waals surface area contributed by atoms with Crippen molar-refractivity contribution < 1.29 is 18.4 Å². The molecule has 0 aliphatic carbocycles. The van der Waals surface area contributed by atoms with Gasteiger partial charge in [-0.05, 0) is 48.5 Å². The smallest absolute Gasteiger partial charge is 0.266 e. The number of pyridine rings is 1. The summed E-state index contributed by atoms with van der Waals surface area (Å²) in [5.74, 6) is -5.33.